The predicted octanol–water partition coefficient (Wildman–Crippen LogP) is 2.87. The number of ketones is 1. The highest BCUT2D eigenvalue weighted by Crippen LogP contribution is 2.43. The second kappa shape index (κ2) is 8.36. The van der Waals surface area contributed by atoms with Crippen LogP contribution in [-0.2, 0) is 9.59 Å². The number of amides is 1. The van der Waals surface area contributed by atoms with Crippen molar-refractivity contribution in [2.24, 2.45) is 0 Å². The number of aliphatic hydroxyl groups excluding tert-OH is 1. The molecule has 0 radical (unpaired) electrons. The van der Waals surface area contributed by atoms with Crippen LogP contribution in [0.2, 0.25) is 0 Å². The van der Waals surface area contributed by atoms with Gasteiger partial charge >= 0.3 is 0 Å². The van der Waals surface area contributed by atoms with E-state index in [0.29, 0.717) is 25.3 Å². The number of Topliss-reactive ketones (excluding diaryl/α,β-unsaturated/α-hetero) is 1. The number of anilines is 1. The Kier molecular flexibility index (Phi) is 5.77. The lowest BCUT2D eigenvalue weighted by Crippen LogP contribution is -2.35. The number of likely N-dealkylation sites (tertiary alicyclic amines) is 1. The van der Waals surface area contributed by atoms with Crippen LogP contribution in [0.4, 0.5) is 5.69 Å². The number of hydrogen-bond acceptors (Lipinski definition) is 7. The van der Waals surface area contributed by atoms with Crippen LogP contribution < -0.4 is 9.64 Å². The third kappa shape index (κ3) is 3.81. The first-order chi connectivity index (χ1) is 14.8. The first-order valence-electron chi connectivity index (χ1n) is 10.2. The van der Waals surface area contributed by atoms with E-state index in [-0.39, 0.29) is 11.3 Å². The van der Waals surface area contributed by atoms with Gasteiger partial charge in [-0.3, -0.25) is 9.59 Å². The lowest BCUT2D eigenvalue weighted by atomic mass is 9.98. The van der Waals surface area contributed by atoms with E-state index in [9.17, 15) is 14.7 Å². The molecule has 1 unspecified atom stereocenters. The van der Waals surface area contributed by atoms with Crippen LogP contribution in [0.15, 0.2) is 35.2 Å². The Morgan fingerprint density at radius 3 is 2.74 bits per heavy atom. The zero-order valence-electron chi connectivity index (χ0n) is 18.2. The number of hydrogen-bond donors (Lipinski definition) is 1. The zero-order valence-corrected chi connectivity index (χ0v) is 19.0. The average Bonchev–Trinajstić information content (AvgIpc) is 3.27. The minimum Gasteiger partial charge on any atom is -0.507 e. The van der Waals surface area contributed by atoms with Crippen molar-refractivity contribution in [3.8, 4) is 5.75 Å². The molecule has 0 aliphatic carbocycles. The van der Waals surface area contributed by atoms with Crippen LogP contribution >= 0.6 is 11.3 Å². The molecule has 4 rings (SSSR count). The second-order valence-corrected chi connectivity index (χ2v) is 9.16. The van der Waals surface area contributed by atoms with E-state index in [2.05, 4.69) is 0 Å². The van der Waals surface area contributed by atoms with E-state index in [1.807, 2.05) is 55.4 Å². The van der Waals surface area contributed by atoms with Crippen molar-refractivity contribution in [1.29, 1.82) is 0 Å². The number of thiophene rings is 1. The van der Waals surface area contributed by atoms with Gasteiger partial charge in [0.15, 0.2) is 0 Å². The Bertz CT molecular complexity index is 1060. The molecule has 1 aromatic carbocycles. The Morgan fingerprint density at radius 1 is 1.29 bits per heavy atom. The Hall–Kier alpha value is -2.84. The molecule has 1 aromatic heterocycles. The van der Waals surface area contributed by atoms with Crippen molar-refractivity contribution in [3.63, 3.8) is 0 Å². The fourth-order valence-corrected chi connectivity index (χ4v) is 5.06. The normalized spacial score (nSPS) is 20.4. The molecule has 1 amide bonds. The lowest BCUT2D eigenvalue weighted by molar-refractivity contribution is -0.140. The second-order valence-electron chi connectivity index (χ2n) is 8.22. The number of carbonyl (C=O) groups excluding carboxylic acids is 2. The van der Waals surface area contributed by atoms with Crippen molar-refractivity contribution in [3.05, 3.63) is 51.2 Å². The van der Waals surface area contributed by atoms with Crippen molar-refractivity contribution in [2.45, 2.75) is 13.0 Å². The molecule has 8 heteroatoms. The zero-order chi connectivity index (χ0) is 22.3. The first kappa shape index (κ1) is 21.4. The molecule has 1 N–H and O–H groups in total. The number of carbonyl (C=O) groups is 2. The SMILES string of the molecule is Cc1ccsc1C1/C(=C(/O)c2ccc3c(c2)N(C)CCO3)C(=O)C(=O)N1CCN(C)C. The summed E-state index contributed by atoms with van der Waals surface area (Å²) in [6.45, 7) is 4.32. The monoisotopic (exact) mass is 441 g/mol. The average molecular weight is 442 g/mol. The summed E-state index contributed by atoms with van der Waals surface area (Å²) in [5.41, 5.74) is 2.49. The fraction of sp³-hybridized carbons (Fsp3) is 0.391. The topological polar surface area (TPSA) is 73.3 Å². The van der Waals surface area contributed by atoms with Crippen LogP contribution in [0.5, 0.6) is 5.75 Å². The quantitative estimate of drug-likeness (QED) is 0.437. The maximum Gasteiger partial charge on any atom is 0.295 e. The van der Waals surface area contributed by atoms with E-state index in [0.717, 1.165) is 28.4 Å². The molecule has 1 fully saturated rings. The summed E-state index contributed by atoms with van der Waals surface area (Å²) >= 11 is 1.50. The van der Waals surface area contributed by atoms with E-state index in [4.69, 9.17) is 4.74 Å². The highest BCUT2D eigenvalue weighted by molar-refractivity contribution is 7.10. The van der Waals surface area contributed by atoms with Gasteiger partial charge in [-0.15, -0.1) is 11.3 Å². The van der Waals surface area contributed by atoms with E-state index in [1.54, 1.807) is 17.0 Å². The van der Waals surface area contributed by atoms with Crippen LogP contribution in [0.25, 0.3) is 5.76 Å². The van der Waals surface area contributed by atoms with Gasteiger partial charge in [-0.1, -0.05) is 0 Å². The molecular weight excluding hydrogens is 414 g/mol. The van der Waals surface area contributed by atoms with E-state index >= 15 is 0 Å². The van der Waals surface area contributed by atoms with Gasteiger partial charge < -0.3 is 24.5 Å². The minimum absolute atomic E-state index is 0.147. The number of nitrogens with zero attached hydrogens (tertiary/aromatic N) is 3. The Morgan fingerprint density at radius 2 is 2.06 bits per heavy atom. The molecule has 0 saturated carbocycles. The van der Waals surface area contributed by atoms with Crippen molar-refractivity contribution >= 4 is 34.5 Å². The van der Waals surface area contributed by atoms with Gasteiger partial charge in [0, 0.05) is 30.6 Å². The molecule has 3 heterocycles. The Balaban J connectivity index is 1.83. The number of rotatable bonds is 5. The number of benzene rings is 1. The number of aryl methyl sites for hydroxylation is 1. The van der Waals surface area contributed by atoms with Gasteiger partial charge in [0.05, 0.1) is 23.8 Å². The van der Waals surface area contributed by atoms with Crippen molar-refractivity contribution < 1.29 is 19.4 Å². The fourth-order valence-electron chi connectivity index (χ4n) is 4.01. The van der Waals surface area contributed by atoms with E-state index < -0.39 is 17.7 Å². The molecule has 7 nitrogen and oxygen atoms in total. The van der Waals surface area contributed by atoms with Crippen molar-refractivity contribution in [2.75, 3.05) is 52.3 Å². The molecule has 0 spiro atoms. The maximum absolute atomic E-state index is 13.1. The summed E-state index contributed by atoms with van der Waals surface area (Å²) in [5.74, 6) is -0.622. The number of likely N-dealkylation sites (N-methyl/N-ethyl adjacent to an activating group) is 2. The Labute approximate surface area is 186 Å². The molecule has 2 aliphatic rings. The lowest BCUT2D eigenvalue weighted by Gasteiger charge is -2.28. The molecular formula is C23H27N3O4S. The standard InChI is InChI=1S/C23H27N3O4S/c1-14-7-12-31-22(14)19-18(21(28)23(29)26(19)9-8-24(2)3)20(27)15-5-6-17-16(13-15)25(4)10-11-30-17/h5-7,12-13,19,27H,8-11H2,1-4H3/b20-18-. The molecule has 164 valence electrons. The molecule has 1 atom stereocenters. The first-order valence-corrected chi connectivity index (χ1v) is 11.1. The van der Waals surface area contributed by atoms with E-state index in [1.165, 1.54) is 11.3 Å². The third-order valence-electron chi connectivity index (χ3n) is 5.81. The van der Waals surface area contributed by atoms with Gasteiger partial charge in [0.25, 0.3) is 11.7 Å². The summed E-state index contributed by atoms with van der Waals surface area (Å²) < 4.78 is 5.69. The summed E-state index contributed by atoms with van der Waals surface area (Å²) in [4.78, 5) is 32.5. The van der Waals surface area contributed by atoms with Crippen LogP contribution in [0.1, 0.15) is 22.0 Å². The predicted molar refractivity (Wildman–Crippen MR) is 122 cm³/mol. The largest absolute Gasteiger partial charge is 0.507 e. The summed E-state index contributed by atoms with van der Waals surface area (Å²) in [6.07, 6.45) is 0. The van der Waals surface area contributed by atoms with Gasteiger partial charge in [0.1, 0.15) is 18.1 Å². The van der Waals surface area contributed by atoms with Gasteiger partial charge in [-0.2, -0.15) is 0 Å². The molecule has 2 aliphatic heterocycles. The molecule has 2 aromatic rings. The minimum atomic E-state index is -0.642. The van der Waals surface area contributed by atoms with Gasteiger partial charge in [-0.05, 0) is 56.2 Å². The highest BCUT2D eigenvalue weighted by atomic mass is 32.1. The van der Waals surface area contributed by atoms with Crippen LogP contribution in [0.3, 0.4) is 0 Å². The van der Waals surface area contributed by atoms with Gasteiger partial charge in [-0.25, -0.2) is 0 Å². The molecule has 1 saturated heterocycles. The number of fused-ring (bicyclic) bond motifs is 1. The van der Waals surface area contributed by atoms with Crippen LogP contribution in [-0.4, -0.2) is 74.0 Å². The number of ether oxygens (including phenoxy) is 1. The van der Waals surface area contributed by atoms with Gasteiger partial charge in [0.2, 0.25) is 0 Å². The molecule has 0 bridgehead atoms. The highest BCUT2D eigenvalue weighted by Gasteiger charge is 2.46. The molecule has 31 heavy (non-hydrogen) atoms. The summed E-state index contributed by atoms with van der Waals surface area (Å²) in [6, 6.07) is 6.73. The summed E-state index contributed by atoms with van der Waals surface area (Å²) in [7, 11) is 5.81. The number of aliphatic hydroxyl groups is 1. The summed E-state index contributed by atoms with van der Waals surface area (Å²) in [5, 5.41) is 13.2. The smallest absolute Gasteiger partial charge is 0.295 e. The maximum atomic E-state index is 13.1. The van der Waals surface area contributed by atoms with Crippen molar-refractivity contribution in [1.82, 2.24) is 9.80 Å². The van der Waals surface area contributed by atoms with Crippen LogP contribution in [0, 0.1) is 6.92 Å². The third-order valence-corrected chi connectivity index (χ3v) is 6.88.